The summed E-state index contributed by atoms with van der Waals surface area (Å²) in [5.41, 5.74) is 1.61. The second kappa shape index (κ2) is 10.5. The van der Waals surface area contributed by atoms with Crippen LogP contribution in [0.25, 0.3) is 0 Å². The largest absolute Gasteiger partial charge is 0.379 e. The molecule has 3 rings (SSSR count). The van der Waals surface area contributed by atoms with Gasteiger partial charge in [-0.2, -0.15) is 0 Å². The van der Waals surface area contributed by atoms with E-state index in [1.54, 1.807) is 16.7 Å². The zero-order chi connectivity index (χ0) is 24.3. The Balaban J connectivity index is 1.70. The van der Waals surface area contributed by atoms with Gasteiger partial charge in [-0.15, -0.1) is 11.8 Å². The van der Waals surface area contributed by atoms with Crippen LogP contribution in [0, 0.1) is 5.92 Å². The highest BCUT2D eigenvalue weighted by molar-refractivity contribution is 8.01. The van der Waals surface area contributed by atoms with Crippen LogP contribution < -0.4 is 10.6 Å². The summed E-state index contributed by atoms with van der Waals surface area (Å²) in [7, 11) is 0. The molecular weight excluding hydrogens is 438 g/mol. The van der Waals surface area contributed by atoms with Crippen molar-refractivity contribution in [3.05, 3.63) is 35.4 Å². The Bertz CT molecular complexity index is 886. The Hall–Kier alpha value is -2.06. The molecule has 2 aliphatic heterocycles. The normalized spacial score (nSPS) is 21.8. The lowest BCUT2D eigenvalue weighted by Gasteiger charge is -2.31. The minimum atomic E-state index is -0.658. The molecule has 3 atom stereocenters. The summed E-state index contributed by atoms with van der Waals surface area (Å²) in [5, 5.41) is 5.72. The summed E-state index contributed by atoms with van der Waals surface area (Å²) in [6.07, 6.45) is 1.39. The summed E-state index contributed by atoms with van der Waals surface area (Å²) in [5.74, 6) is -0.372. The van der Waals surface area contributed by atoms with Crippen LogP contribution >= 0.6 is 11.8 Å². The maximum absolute atomic E-state index is 13.5. The van der Waals surface area contributed by atoms with Crippen LogP contribution in [0.4, 0.5) is 0 Å². The third-order valence-electron chi connectivity index (χ3n) is 5.96. The van der Waals surface area contributed by atoms with E-state index in [0.717, 1.165) is 5.56 Å². The number of hydrogen-bond donors (Lipinski definition) is 2. The molecule has 0 aliphatic carbocycles. The Morgan fingerprint density at radius 3 is 2.55 bits per heavy atom. The molecule has 0 saturated carbocycles. The molecule has 1 fully saturated rings. The van der Waals surface area contributed by atoms with Crippen LogP contribution in [-0.2, 0) is 14.3 Å². The molecule has 0 bridgehead atoms. The van der Waals surface area contributed by atoms with Gasteiger partial charge in [0.2, 0.25) is 11.8 Å². The van der Waals surface area contributed by atoms with Crippen LogP contribution in [0.3, 0.4) is 0 Å². The van der Waals surface area contributed by atoms with Gasteiger partial charge in [0.15, 0.2) is 0 Å². The van der Waals surface area contributed by atoms with E-state index in [1.165, 1.54) is 0 Å². The van der Waals surface area contributed by atoms with Gasteiger partial charge in [0.1, 0.15) is 17.5 Å². The van der Waals surface area contributed by atoms with E-state index in [1.807, 2.05) is 65.8 Å². The number of nitrogens with one attached hydrogen (secondary N) is 2. The molecule has 2 aliphatic rings. The van der Waals surface area contributed by atoms with E-state index in [0.29, 0.717) is 31.6 Å². The lowest BCUT2D eigenvalue weighted by Crippen LogP contribution is -2.57. The van der Waals surface area contributed by atoms with Crippen LogP contribution in [0.5, 0.6) is 0 Å². The molecule has 2 heterocycles. The molecular formula is C25H37N3O4S. The summed E-state index contributed by atoms with van der Waals surface area (Å²) >= 11 is 1.62. The smallest absolute Gasteiger partial charge is 0.256 e. The highest BCUT2D eigenvalue weighted by atomic mass is 32.2. The molecule has 2 N–H and O–H groups in total. The molecule has 0 radical (unpaired) electrons. The fourth-order valence-electron chi connectivity index (χ4n) is 4.48. The summed E-state index contributed by atoms with van der Waals surface area (Å²) in [6.45, 7) is 13.0. The van der Waals surface area contributed by atoms with Gasteiger partial charge in [-0.1, -0.05) is 32.0 Å². The van der Waals surface area contributed by atoms with Crippen LogP contribution in [0.15, 0.2) is 24.3 Å². The third kappa shape index (κ3) is 5.72. The predicted octanol–water partition coefficient (Wildman–Crippen LogP) is 3.50. The van der Waals surface area contributed by atoms with E-state index in [9.17, 15) is 14.4 Å². The maximum Gasteiger partial charge on any atom is 0.256 e. The number of carbonyl (C=O) groups excluding carboxylic acids is 3. The van der Waals surface area contributed by atoms with Crippen LogP contribution in [0.2, 0.25) is 0 Å². The van der Waals surface area contributed by atoms with Gasteiger partial charge in [0.05, 0.1) is 6.10 Å². The van der Waals surface area contributed by atoms with Gasteiger partial charge >= 0.3 is 0 Å². The Morgan fingerprint density at radius 1 is 1.18 bits per heavy atom. The first-order chi connectivity index (χ1) is 15.5. The van der Waals surface area contributed by atoms with Crippen molar-refractivity contribution in [2.24, 2.45) is 5.92 Å². The first-order valence-electron chi connectivity index (χ1n) is 11.8. The topological polar surface area (TPSA) is 87.7 Å². The molecule has 33 heavy (non-hydrogen) atoms. The number of nitrogens with zero attached hydrogens (tertiary/aromatic N) is 1. The van der Waals surface area contributed by atoms with Crippen molar-refractivity contribution in [3.63, 3.8) is 0 Å². The Morgan fingerprint density at radius 2 is 1.88 bits per heavy atom. The molecule has 8 heteroatoms. The SMILES string of the molecule is CC(C)C[C@H](NC(=O)[C@@H]1N2C(=O)c3ccccc3[C@@H]2SC1(C)C)C(=O)NCCCOC(C)C. The molecule has 0 aromatic heterocycles. The molecule has 7 nitrogen and oxygen atoms in total. The van der Waals surface area contributed by atoms with Gasteiger partial charge in [-0.05, 0) is 58.1 Å². The molecule has 0 spiro atoms. The fourth-order valence-corrected chi connectivity index (χ4v) is 6.07. The fraction of sp³-hybridized carbons (Fsp3) is 0.640. The summed E-state index contributed by atoms with van der Waals surface area (Å²) in [6, 6.07) is 6.23. The lowest BCUT2D eigenvalue weighted by molar-refractivity contribution is -0.132. The van der Waals surface area contributed by atoms with Crippen molar-refractivity contribution >= 4 is 29.5 Å². The zero-order valence-electron chi connectivity index (χ0n) is 20.5. The zero-order valence-corrected chi connectivity index (χ0v) is 21.3. The highest BCUT2D eigenvalue weighted by Gasteiger charge is 2.57. The summed E-state index contributed by atoms with van der Waals surface area (Å²) < 4.78 is 5.04. The number of thioether (sulfide) groups is 1. The van der Waals surface area contributed by atoms with E-state index in [4.69, 9.17) is 4.74 Å². The van der Waals surface area contributed by atoms with Crippen LogP contribution in [0.1, 0.15) is 75.7 Å². The monoisotopic (exact) mass is 475 g/mol. The van der Waals surface area contributed by atoms with Gasteiger partial charge in [0, 0.05) is 23.5 Å². The molecule has 1 saturated heterocycles. The van der Waals surface area contributed by atoms with E-state index in [-0.39, 0.29) is 35.1 Å². The lowest BCUT2D eigenvalue weighted by atomic mass is 9.98. The number of hydrogen-bond acceptors (Lipinski definition) is 5. The molecule has 3 amide bonds. The van der Waals surface area contributed by atoms with Crippen molar-refractivity contribution in [1.29, 1.82) is 0 Å². The van der Waals surface area contributed by atoms with Crippen molar-refractivity contribution in [2.75, 3.05) is 13.2 Å². The van der Waals surface area contributed by atoms with Gasteiger partial charge in [0.25, 0.3) is 5.91 Å². The standard InChI is InChI=1S/C25H37N3O4S/c1-15(2)14-19(21(29)26-12-9-13-32-16(3)4)27-22(30)20-25(5,6)33-24-18-11-8-7-10-17(18)23(31)28(20)24/h7-8,10-11,15-16,19-20,24H,9,12-14H2,1-6H3,(H,26,29)(H,27,30)/t19-,20-,24-/m0/s1. The Labute approximate surface area is 201 Å². The molecule has 182 valence electrons. The van der Waals surface area contributed by atoms with Crippen molar-refractivity contribution in [3.8, 4) is 0 Å². The van der Waals surface area contributed by atoms with E-state index >= 15 is 0 Å². The average molecular weight is 476 g/mol. The summed E-state index contributed by atoms with van der Waals surface area (Å²) in [4.78, 5) is 41.3. The quantitative estimate of drug-likeness (QED) is 0.506. The molecule has 1 aromatic rings. The molecule has 0 unspecified atom stereocenters. The number of carbonyl (C=O) groups is 3. The van der Waals surface area contributed by atoms with E-state index < -0.39 is 16.8 Å². The number of rotatable bonds is 10. The minimum absolute atomic E-state index is 0.121. The number of ether oxygens (including phenoxy) is 1. The van der Waals surface area contributed by atoms with Crippen molar-refractivity contribution in [2.45, 2.75) is 82.7 Å². The van der Waals surface area contributed by atoms with Crippen LogP contribution in [-0.4, -0.2) is 58.7 Å². The van der Waals surface area contributed by atoms with E-state index in [2.05, 4.69) is 10.6 Å². The second-order valence-electron chi connectivity index (χ2n) is 10.0. The third-order valence-corrected chi connectivity index (χ3v) is 7.49. The second-order valence-corrected chi connectivity index (χ2v) is 11.8. The van der Waals surface area contributed by atoms with Gasteiger partial charge < -0.3 is 20.3 Å². The first kappa shape index (κ1) is 25.6. The maximum atomic E-state index is 13.5. The number of benzene rings is 1. The van der Waals surface area contributed by atoms with Gasteiger partial charge in [-0.3, -0.25) is 14.4 Å². The highest BCUT2D eigenvalue weighted by Crippen LogP contribution is 2.56. The molecule has 1 aromatic carbocycles. The number of fused-ring (bicyclic) bond motifs is 3. The number of amides is 3. The minimum Gasteiger partial charge on any atom is -0.379 e. The van der Waals surface area contributed by atoms with Crippen molar-refractivity contribution in [1.82, 2.24) is 15.5 Å². The predicted molar refractivity (Wildman–Crippen MR) is 131 cm³/mol. The first-order valence-corrected chi connectivity index (χ1v) is 12.7. The average Bonchev–Trinajstić information content (AvgIpc) is 3.16. The van der Waals surface area contributed by atoms with Crippen molar-refractivity contribution < 1.29 is 19.1 Å². The van der Waals surface area contributed by atoms with Gasteiger partial charge in [-0.25, -0.2) is 0 Å². The Kier molecular flexibility index (Phi) is 8.11.